The van der Waals surface area contributed by atoms with Gasteiger partial charge in [0.05, 0.1) is 12.3 Å². The molecule has 2 atom stereocenters. The summed E-state index contributed by atoms with van der Waals surface area (Å²) in [7, 11) is 0. The molecule has 2 heterocycles. The van der Waals surface area contributed by atoms with Gasteiger partial charge < -0.3 is 10.1 Å². The number of pyridine rings is 1. The van der Waals surface area contributed by atoms with Gasteiger partial charge in [-0.1, -0.05) is 6.92 Å². The Morgan fingerprint density at radius 2 is 2.35 bits per heavy atom. The first-order valence-electron chi connectivity index (χ1n) is 7.75. The molecule has 4 heteroatoms. The summed E-state index contributed by atoms with van der Waals surface area (Å²) in [5, 5.41) is 3.49. The van der Waals surface area contributed by atoms with Gasteiger partial charge in [0.15, 0.2) is 0 Å². The van der Waals surface area contributed by atoms with Crippen molar-refractivity contribution in [1.29, 1.82) is 0 Å². The molecule has 112 valence electrons. The Kier molecular flexibility index (Phi) is 6.40. The van der Waals surface area contributed by atoms with Crippen molar-refractivity contribution in [2.75, 3.05) is 13.2 Å². The zero-order chi connectivity index (χ0) is 14.2. The van der Waals surface area contributed by atoms with Gasteiger partial charge in [-0.05, 0) is 56.7 Å². The Morgan fingerprint density at radius 1 is 1.45 bits per heavy atom. The van der Waals surface area contributed by atoms with E-state index in [9.17, 15) is 4.39 Å². The van der Waals surface area contributed by atoms with Gasteiger partial charge in [0.25, 0.3) is 0 Å². The van der Waals surface area contributed by atoms with Crippen molar-refractivity contribution in [2.45, 2.75) is 57.6 Å². The highest BCUT2D eigenvalue weighted by Gasteiger charge is 2.18. The molecule has 0 spiro atoms. The van der Waals surface area contributed by atoms with Gasteiger partial charge in [0.1, 0.15) is 5.82 Å². The Hall–Kier alpha value is -1.00. The van der Waals surface area contributed by atoms with Gasteiger partial charge in [0, 0.05) is 18.8 Å². The molecule has 1 aliphatic rings. The van der Waals surface area contributed by atoms with Gasteiger partial charge in [-0.3, -0.25) is 4.98 Å². The minimum absolute atomic E-state index is 0.170. The molecular formula is C16H25FN2O. The van der Waals surface area contributed by atoms with Crippen LogP contribution in [0, 0.1) is 5.82 Å². The third kappa shape index (κ3) is 4.84. The third-order valence-corrected chi connectivity index (χ3v) is 3.82. The maximum atomic E-state index is 13.3. The van der Waals surface area contributed by atoms with E-state index in [2.05, 4.69) is 17.2 Å². The molecule has 3 nitrogen and oxygen atoms in total. The molecule has 0 saturated carbocycles. The molecule has 1 saturated heterocycles. The van der Waals surface area contributed by atoms with Crippen molar-refractivity contribution < 1.29 is 9.13 Å². The molecule has 1 aliphatic heterocycles. The molecule has 1 aromatic rings. The van der Waals surface area contributed by atoms with Crippen LogP contribution in [0.3, 0.4) is 0 Å². The molecule has 0 aliphatic carbocycles. The monoisotopic (exact) mass is 280 g/mol. The van der Waals surface area contributed by atoms with Crippen LogP contribution >= 0.6 is 0 Å². The van der Waals surface area contributed by atoms with E-state index in [4.69, 9.17) is 4.74 Å². The number of nitrogens with one attached hydrogen (secondary N) is 1. The largest absolute Gasteiger partial charge is 0.378 e. The summed E-state index contributed by atoms with van der Waals surface area (Å²) >= 11 is 0. The van der Waals surface area contributed by atoms with Crippen LogP contribution in [0.25, 0.3) is 0 Å². The average Bonchev–Trinajstić information content (AvgIpc) is 2.48. The van der Waals surface area contributed by atoms with Crippen LogP contribution in [-0.2, 0) is 4.74 Å². The quantitative estimate of drug-likeness (QED) is 0.828. The molecule has 0 radical (unpaired) electrons. The summed E-state index contributed by atoms with van der Waals surface area (Å²) in [6.45, 7) is 3.96. The number of nitrogens with zero attached hydrogens (tertiary/aromatic N) is 1. The lowest BCUT2D eigenvalue weighted by atomic mass is 9.98. The Morgan fingerprint density at radius 3 is 3.05 bits per heavy atom. The number of ether oxygens (including phenoxy) is 1. The first-order chi connectivity index (χ1) is 9.79. The number of hydrogen-bond donors (Lipinski definition) is 1. The minimum atomic E-state index is -0.264. The number of aromatic nitrogens is 1. The van der Waals surface area contributed by atoms with E-state index in [0.29, 0.717) is 6.10 Å². The van der Waals surface area contributed by atoms with Crippen LogP contribution < -0.4 is 5.32 Å². The van der Waals surface area contributed by atoms with Crippen LogP contribution in [0.5, 0.6) is 0 Å². The maximum absolute atomic E-state index is 13.3. The van der Waals surface area contributed by atoms with E-state index in [-0.39, 0.29) is 11.9 Å². The van der Waals surface area contributed by atoms with Crippen LogP contribution in [0.4, 0.5) is 4.39 Å². The fourth-order valence-corrected chi connectivity index (χ4v) is 2.71. The van der Waals surface area contributed by atoms with E-state index in [0.717, 1.165) is 44.4 Å². The first kappa shape index (κ1) is 15.4. The average molecular weight is 280 g/mol. The molecule has 1 fully saturated rings. The lowest BCUT2D eigenvalue weighted by Gasteiger charge is -2.25. The van der Waals surface area contributed by atoms with Gasteiger partial charge in [-0.2, -0.15) is 0 Å². The zero-order valence-corrected chi connectivity index (χ0v) is 12.3. The highest BCUT2D eigenvalue weighted by Crippen LogP contribution is 2.24. The summed E-state index contributed by atoms with van der Waals surface area (Å²) in [5.41, 5.74) is 0.939. The van der Waals surface area contributed by atoms with Crippen molar-refractivity contribution >= 4 is 0 Å². The van der Waals surface area contributed by atoms with E-state index in [1.165, 1.54) is 19.0 Å². The molecule has 1 N–H and O–H groups in total. The molecule has 0 bridgehead atoms. The Labute approximate surface area is 120 Å². The first-order valence-corrected chi connectivity index (χ1v) is 7.75. The normalized spacial score (nSPS) is 20.8. The summed E-state index contributed by atoms with van der Waals surface area (Å²) in [6.07, 6.45) is 10.1. The van der Waals surface area contributed by atoms with E-state index in [1.807, 2.05) is 0 Å². The predicted molar refractivity (Wildman–Crippen MR) is 78.1 cm³/mol. The Balaban J connectivity index is 1.92. The fourth-order valence-electron chi connectivity index (χ4n) is 2.71. The van der Waals surface area contributed by atoms with Crippen molar-refractivity contribution in [3.8, 4) is 0 Å². The Bertz CT molecular complexity index is 394. The van der Waals surface area contributed by atoms with Gasteiger partial charge in [-0.15, -0.1) is 0 Å². The van der Waals surface area contributed by atoms with Crippen LogP contribution in [0.15, 0.2) is 18.5 Å². The maximum Gasteiger partial charge on any atom is 0.141 e. The topological polar surface area (TPSA) is 34.1 Å². The lowest BCUT2D eigenvalue weighted by molar-refractivity contribution is 0.00853. The van der Waals surface area contributed by atoms with E-state index >= 15 is 0 Å². The minimum Gasteiger partial charge on any atom is -0.378 e. The molecule has 2 unspecified atom stereocenters. The smallest absolute Gasteiger partial charge is 0.141 e. The van der Waals surface area contributed by atoms with E-state index in [1.54, 1.807) is 12.3 Å². The van der Waals surface area contributed by atoms with Crippen molar-refractivity contribution in [3.63, 3.8) is 0 Å². The lowest BCUT2D eigenvalue weighted by Crippen LogP contribution is -2.25. The molecule has 0 amide bonds. The molecule has 0 aromatic carbocycles. The number of halogens is 1. The second kappa shape index (κ2) is 8.32. The van der Waals surface area contributed by atoms with Gasteiger partial charge in [-0.25, -0.2) is 4.39 Å². The predicted octanol–water partition coefficient (Wildman–Crippen LogP) is 3.61. The summed E-state index contributed by atoms with van der Waals surface area (Å²) in [6, 6.07) is 1.76. The number of hydrogen-bond acceptors (Lipinski definition) is 3. The highest BCUT2D eigenvalue weighted by atomic mass is 19.1. The fraction of sp³-hybridized carbons (Fsp3) is 0.688. The SMILES string of the molecule is CCCNC(CCC1CCCCO1)c1cncc(F)c1. The van der Waals surface area contributed by atoms with Crippen molar-refractivity contribution in [2.24, 2.45) is 0 Å². The summed E-state index contributed by atoms with van der Waals surface area (Å²) in [5.74, 6) is -0.264. The second-order valence-corrected chi connectivity index (χ2v) is 5.51. The van der Waals surface area contributed by atoms with Gasteiger partial charge in [0.2, 0.25) is 0 Å². The highest BCUT2D eigenvalue weighted by molar-refractivity contribution is 5.15. The third-order valence-electron chi connectivity index (χ3n) is 3.82. The summed E-state index contributed by atoms with van der Waals surface area (Å²) < 4.78 is 19.1. The molecule has 2 rings (SSSR count). The van der Waals surface area contributed by atoms with Gasteiger partial charge >= 0.3 is 0 Å². The van der Waals surface area contributed by atoms with Crippen LogP contribution in [-0.4, -0.2) is 24.2 Å². The standard InChI is InChI=1S/C16H25FN2O/c1-2-8-19-16(13-10-14(17)12-18-11-13)7-6-15-5-3-4-9-20-15/h10-12,15-16,19H,2-9H2,1H3. The van der Waals surface area contributed by atoms with E-state index < -0.39 is 0 Å². The number of rotatable bonds is 7. The summed E-state index contributed by atoms with van der Waals surface area (Å²) in [4.78, 5) is 3.96. The zero-order valence-electron chi connectivity index (χ0n) is 12.3. The molecule has 20 heavy (non-hydrogen) atoms. The van der Waals surface area contributed by atoms with Crippen molar-refractivity contribution in [3.05, 3.63) is 29.8 Å². The van der Waals surface area contributed by atoms with Crippen molar-refractivity contribution in [1.82, 2.24) is 10.3 Å². The van der Waals surface area contributed by atoms with Crippen LogP contribution in [0.2, 0.25) is 0 Å². The molecular weight excluding hydrogens is 255 g/mol. The molecule has 1 aromatic heterocycles. The van der Waals surface area contributed by atoms with Crippen LogP contribution in [0.1, 0.15) is 57.1 Å². The second-order valence-electron chi connectivity index (χ2n) is 5.51.